The first-order valence-electron chi connectivity index (χ1n) is 7.17. The zero-order chi connectivity index (χ0) is 12.7. The van der Waals surface area contributed by atoms with Gasteiger partial charge in [0, 0.05) is 25.0 Å². The monoisotopic (exact) mass is 240 g/mol. The van der Waals surface area contributed by atoms with E-state index in [1.807, 2.05) is 0 Å². The lowest BCUT2D eigenvalue weighted by atomic mass is 9.99. The highest BCUT2D eigenvalue weighted by atomic mass is 16.2. The molecule has 0 aliphatic carbocycles. The maximum atomic E-state index is 11.9. The molecule has 1 aliphatic rings. The second kappa shape index (κ2) is 7.70. The molecule has 1 rings (SSSR count). The van der Waals surface area contributed by atoms with Gasteiger partial charge in [0.05, 0.1) is 0 Å². The standard InChI is InChI=1S/C14H28N2O/c1-4-15-13(3)9-5-6-10-16-11-7-8-12(2)14(16)17/h12-13,15H,4-11H2,1-3H3. The molecule has 3 heteroatoms. The van der Waals surface area contributed by atoms with Crippen molar-refractivity contribution in [2.45, 2.75) is 58.9 Å². The Kier molecular flexibility index (Phi) is 6.56. The summed E-state index contributed by atoms with van der Waals surface area (Å²) in [5, 5.41) is 3.42. The fourth-order valence-corrected chi connectivity index (χ4v) is 2.56. The van der Waals surface area contributed by atoms with Gasteiger partial charge in [0.2, 0.25) is 5.91 Å². The summed E-state index contributed by atoms with van der Waals surface area (Å²) in [6, 6.07) is 0.607. The molecule has 2 atom stereocenters. The second-order valence-electron chi connectivity index (χ2n) is 5.32. The van der Waals surface area contributed by atoms with Gasteiger partial charge in [-0.15, -0.1) is 0 Å². The average Bonchev–Trinajstić information content (AvgIpc) is 2.30. The van der Waals surface area contributed by atoms with E-state index < -0.39 is 0 Å². The average molecular weight is 240 g/mol. The van der Waals surface area contributed by atoms with E-state index in [0.717, 1.165) is 32.5 Å². The van der Waals surface area contributed by atoms with Crippen molar-refractivity contribution in [2.24, 2.45) is 5.92 Å². The molecule has 1 fully saturated rings. The lowest BCUT2D eigenvalue weighted by Crippen LogP contribution is -2.40. The van der Waals surface area contributed by atoms with Crippen LogP contribution in [0.3, 0.4) is 0 Å². The van der Waals surface area contributed by atoms with Gasteiger partial charge in [-0.2, -0.15) is 0 Å². The smallest absolute Gasteiger partial charge is 0.225 e. The van der Waals surface area contributed by atoms with Crippen molar-refractivity contribution < 1.29 is 4.79 Å². The van der Waals surface area contributed by atoms with Crippen LogP contribution in [0, 0.1) is 5.92 Å². The molecule has 0 bridgehead atoms. The number of unbranched alkanes of at least 4 members (excludes halogenated alkanes) is 1. The molecule has 3 nitrogen and oxygen atoms in total. The molecule has 0 aromatic heterocycles. The molecule has 1 saturated heterocycles. The molecule has 1 aliphatic heterocycles. The highest BCUT2D eigenvalue weighted by Gasteiger charge is 2.24. The summed E-state index contributed by atoms with van der Waals surface area (Å²) in [5.41, 5.74) is 0. The zero-order valence-corrected chi connectivity index (χ0v) is 11.7. The van der Waals surface area contributed by atoms with Gasteiger partial charge in [-0.3, -0.25) is 4.79 Å². The van der Waals surface area contributed by atoms with Crippen LogP contribution in [0.5, 0.6) is 0 Å². The minimum Gasteiger partial charge on any atom is -0.342 e. The van der Waals surface area contributed by atoms with Gasteiger partial charge in [0.1, 0.15) is 0 Å². The Labute approximate surface area is 106 Å². The summed E-state index contributed by atoms with van der Waals surface area (Å²) in [4.78, 5) is 13.9. The number of hydrogen-bond acceptors (Lipinski definition) is 2. The summed E-state index contributed by atoms with van der Waals surface area (Å²) in [6.45, 7) is 9.42. The van der Waals surface area contributed by atoms with Crippen LogP contribution in [0.1, 0.15) is 52.9 Å². The van der Waals surface area contributed by atoms with Gasteiger partial charge in [-0.25, -0.2) is 0 Å². The molecule has 0 spiro atoms. The lowest BCUT2D eigenvalue weighted by molar-refractivity contribution is -0.137. The Morgan fingerprint density at radius 1 is 1.47 bits per heavy atom. The summed E-state index contributed by atoms with van der Waals surface area (Å²) in [7, 11) is 0. The van der Waals surface area contributed by atoms with Crippen LogP contribution < -0.4 is 5.32 Å². The van der Waals surface area contributed by atoms with Gasteiger partial charge >= 0.3 is 0 Å². The Bertz CT molecular complexity index is 230. The van der Waals surface area contributed by atoms with E-state index in [4.69, 9.17) is 0 Å². The number of likely N-dealkylation sites (tertiary alicyclic amines) is 1. The summed E-state index contributed by atoms with van der Waals surface area (Å²) in [5.74, 6) is 0.625. The van der Waals surface area contributed by atoms with Crippen LogP contribution in [-0.4, -0.2) is 36.5 Å². The minimum absolute atomic E-state index is 0.254. The van der Waals surface area contributed by atoms with Crippen molar-refractivity contribution in [3.05, 3.63) is 0 Å². The van der Waals surface area contributed by atoms with E-state index >= 15 is 0 Å². The van der Waals surface area contributed by atoms with Crippen molar-refractivity contribution >= 4 is 5.91 Å². The summed E-state index contributed by atoms with van der Waals surface area (Å²) in [6.07, 6.45) is 5.83. The maximum absolute atomic E-state index is 11.9. The van der Waals surface area contributed by atoms with Gasteiger partial charge in [-0.05, 0) is 39.2 Å². The van der Waals surface area contributed by atoms with Gasteiger partial charge in [-0.1, -0.05) is 20.3 Å². The normalized spacial score (nSPS) is 22.9. The van der Waals surface area contributed by atoms with Gasteiger partial charge < -0.3 is 10.2 Å². The fraction of sp³-hybridized carbons (Fsp3) is 0.929. The Morgan fingerprint density at radius 3 is 2.94 bits per heavy atom. The zero-order valence-electron chi connectivity index (χ0n) is 11.7. The predicted molar refractivity (Wildman–Crippen MR) is 72.0 cm³/mol. The largest absolute Gasteiger partial charge is 0.342 e. The molecule has 0 radical (unpaired) electrons. The van der Waals surface area contributed by atoms with Crippen molar-refractivity contribution in [2.75, 3.05) is 19.6 Å². The first kappa shape index (κ1) is 14.5. The first-order valence-corrected chi connectivity index (χ1v) is 7.17. The van der Waals surface area contributed by atoms with E-state index in [-0.39, 0.29) is 5.92 Å². The number of nitrogens with one attached hydrogen (secondary N) is 1. The van der Waals surface area contributed by atoms with Crippen LogP contribution in [0.2, 0.25) is 0 Å². The number of carbonyl (C=O) groups excluding carboxylic acids is 1. The van der Waals surface area contributed by atoms with Crippen molar-refractivity contribution in [1.82, 2.24) is 10.2 Å². The van der Waals surface area contributed by atoms with E-state index in [1.165, 1.54) is 19.3 Å². The molecule has 1 amide bonds. The third-order valence-electron chi connectivity index (χ3n) is 3.67. The topological polar surface area (TPSA) is 32.3 Å². The Balaban J connectivity index is 2.11. The molecule has 1 N–H and O–H groups in total. The SMILES string of the molecule is CCNC(C)CCCCN1CCCC(C)C1=O. The van der Waals surface area contributed by atoms with E-state index in [0.29, 0.717) is 11.9 Å². The third-order valence-corrected chi connectivity index (χ3v) is 3.67. The van der Waals surface area contributed by atoms with Crippen molar-refractivity contribution in [3.8, 4) is 0 Å². The molecule has 2 unspecified atom stereocenters. The van der Waals surface area contributed by atoms with E-state index in [9.17, 15) is 4.79 Å². The lowest BCUT2D eigenvalue weighted by Gasteiger charge is -2.30. The molecule has 100 valence electrons. The molecular formula is C14H28N2O. The molecular weight excluding hydrogens is 212 g/mol. The number of hydrogen-bond donors (Lipinski definition) is 1. The van der Waals surface area contributed by atoms with Gasteiger partial charge in [0.25, 0.3) is 0 Å². The maximum Gasteiger partial charge on any atom is 0.225 e. The van der Waals surface area contributed by atoms with Gasteiger partial charge in [0.15, 0.2) is 0 Å². The minimum atomic E-state index is 0.254. The number of nitrogens with zero attached hydrogens (tertiary/aromatic N) is 1. The quantitative estimate of drug-likeness (QED) is 0.693. The molecule has 0 saturated carbocycles. The highest BCUT2D eigenvalue weighted by molar-refractivity contribution is 5.79. The van der Waals surface area contributed by atoms with Crippen molar-refractivity contribution in [3.63, 3.8) is 0 Å². The summed E-state index contributed by atoms with van der Waals surface area (Å²) >= 11 is 0. The Hall–Kier alpha value is -0.570. The Morgan fingerprint density at radius 2 is 2.24 bits per heavy atom. The van der Waals surface area contributed by atoms with Crippen LogP contribution in [-0.2, 0) is 4.79 Å². The van der Waals surface area contributed by atoms with Crippen LogP contribution in [0.15, 0.2) is 0 Å². The number of rotatable bonds is 7. The second-order valence-corrected chi connectivity index (χ2v) is 5.32. The van der Waals surface area contributed by atoms with Crippen LogP contribution in [0.4, 0.5) is 0 Å². The molecule has 17 heavy (non-hydrogen) atoms. The molecule has 0 aromatic rings. The predicted octanol–water partition coefficient (Wildman–Crippen LogP) is 2.41. The molecule has 0 aromatic carbocycles. The number of carbonyl (C=O) groups is 1. The van der Waals surface area contributed by atoms with E-state index in [1.54, 1.807) is 0 Å². The fourth-order valence-electron chi connectivity index (χ4n) is 2.56. The summed E-state index contributed by atoms with van der Waals surface area (Å²) < 4.78 is 0. The van der Waals surface area contributed by atoms with Crippen LogP contribution >= 0.6 is 0 Å². The van der Waals surface area contributed by atoms with Crippen LogP contribution in [0.25, 0.3) is 0 Å². The number of amides is 1. The van der Waals surface area contributed by atoms with Crippen molar-refractivity contribution in [1.29, 1.82) is 0 Å². The number of piperidine rings is 1. The first-order chi connectivity index (χ1) is 8.15. The molecule has 1 heterocycles. The van der Waals surface area contributed by atoms with E-state index in [2.05, 4.69) is 31.0 Å². The third kappa shape index (κ3) is 5.07. The highest BCUT2D eigenvalue weighted by Crippen LogP contribution is 2.17.